The van der Waals surface area contributed by atoms with Crippen molar-refractivity contribution in [1.82, 2.24) is 29.5 Å². The van der Waals surface area contributed by atoms with Crippen LogP contribution in [0, 0.1) is 5.41 Å². The first-order valence-electron chi connectivity index (χ1n) is 12.3. The maximum atomic E-state index is 13.5. The van der Waals surface area contributed by atoms with Crippen LogP contribution in [0.25, 0.3) is 11.2 Å². The molecule has 15 nitrogen and oxygen atoms in total. The Bertz CT molecular complexity index is 1250. The first-order chi connectivity index (χ1) is 18.2. The fourth-order valence-corrected chi connectivity index (χ4v) is 6.04. The Morgan fingerprint density at radius 3 is 2.85 bits per heavy atom. The van der Waals surface area contributed by atoms with Crippen molar-refractivity contribution in [1.29, 1.82) is 0 Å². The van der Waals surface area contributed by atoms with Crippen molar-refractivity contribution in [3.63, 3.8) is 0 Å². The molecule has 3 heterocycles. The van der Waals surface area contributed by atoms with E-state index in [9.17, 15) is 24.4 Å². The maximum Gasteiger partial charge on any atom is 0.405 e. The molecule has 2 aromatic rings. The molecule has 2 aromatic heterocycles. The van der Waals surface area contributed by atoms with Gasteiger partial charge >= 0.3 is 7.75 Å². The summed E-state index contributed by atoms with van der Waals surface area (Å²) in [5.74, 6) is 0.110. The van der Waals surface area contributed by atoms with Gasteiger partial charge in [0, 0.05) is 25.3 Å². The number of aromatic amines is 1. The molecule has 0 saturated carbocycles. The van der Waals surface area contributed by atoms with E-state index in [1.807, 2.05) is 19.0 Å². The van der Waals surface area contributed by atoms with Gasteiger partial charge < -0.3 is 25.6 Å². The third-order valence-corrected chi connectivity index (χ3v) is 8.83. The quantitative estimate of drug-likeness (QED) is 0.148. The van der Waals surface area contributed by atoms with Crippen molar-refractivity contribution in [3.05, 3.63) is 16.7 Å². The number of carbonyl (C=O) groups excluding carboxylic acids is 1. The van der Waals surface area contributed by atoms with Gasteiger partial charge in [0.15, 0.2) is 22.5 Å². The number of anilines is 1. The third-order valence-electron chi connectivity index (χ3n) is 6.02. The van der Waals surface area contributed by atoms with Gasteiger partial charge in [-0.3, -0.25) is 28.2 Å². The summed E-state index contributed by atoms with van der Waals surface area (Å²) in [5.41, 5.74) is 3.06. The van der Waals surface area contributed by atoms with Gasteiger partial charge in [0.2, 0.25) is 5.95 Å². The largest absolute Gasteiger partial charge is 0.405 e. The number of hydrogen-bond donors (Lipinski definition) is 5. The molecule has 0 radical (unpaired) electrons. The molecular formula is C22H38N7O8PS. The van der Waals surface area contributed by atoms with Gasteiger partial charge in [-0.1, -0.05) is 11.8 Å². The average Bonchev–Trinajstić information content (AvgIpc) is 3.39. The molecule has 4 atom stereocenters. The summed E-state index contributed by atoms with van der Waals surface area (Å²) >= 11 is 0.980. The number of nitrogens with one attached hydrogen (secondary N) is 2. The van der Waals surface area contributed by atoms with Gasteiger partial charge in [0.25, 0.3) is 5.56 Å². The maximum absolute atomic E-state index is 13.5. The van der Waals surface area contributed by atoms with Crippen LogP contribution < -0.4 is 16.4 Å². The number of rotatable bonds is 14. The molecule has 1 fully saturated rings. The van der Waals surface area contributed by atoms with Gasteiger partial charge in [-0.15, -0.1) is 0 Å². The summed E-state index contributed by atoms with van der Waals surface area (Å²) in [6, 6.07) is 0. The number of H-pyrrole nitrogens is 1. The average molecular weight is 592 g/mol. The Morgan fingerprint density at radius 2 is 2.18 bits per heavy atom. The highest BCUT2D eigenvalue weighted by molar-refractivity contribution is 8.13. The molecule has 4 unspecified atom stereocenters. The predicted molar refractivity (Wildman–Crippen MR) is 146 cm³/mol. The minimum absolute atomic E-state index is 0.0430. The Balaban J connectivity index is 1.65. The van der Waals surface area contributed by atoms with Crippen molar-refractivity contribution in [3.8, 4) is 0 Å². The lowest BCUT2D eigenvalue weighted by atomic mass is 9.97. The molecule has 17 heteroatoms. The Morgan fingerprint density at radius 1 is 1.46 bits per heavy atom. The number of aliphatic hydroxyl groups excluding tert-OH is 1. The van der Waals surface area contributed by atoms with Crippen molar-refractivity contribution >= 4 is 41.7 Å². The van der Waals surface area contributed by atoms with Gasteiger partial charge in [-0.25, -0.2) is 14.6 Å². The number of imidazole rings is 1. The van der Waals surface area contributed by atoms with E-state index in [0.29, 0.717) is 13.1 Å². The highest BCUT2D eigenvalue weighted by atomic mass is 32.2. The van der Waals surface area contributed by atoms with E-state index in [1.165, 1.54) is 10.9 Å². The van der Waals surface area contributed by atoms with Crippen molar-refractivity contribution in [2.75, 3.05) is 58.5 Å². The van der Waals surface area contributed by atoms with E-state index in [-0.39, 0.29) is 54.2 Å². The zero-order chi connectivity index (χ0) is 29.0. The second-order valence-corrected chi connectivity index (χ2v) is 13.4. The number of aliphatic hydroxyl groups is 2. The van der Waals surface area contributed by atoms with Crippen LogP contribution in [-0.4, -0.2) is 104 Å². The molecule has 1 aliphatic rings. The lowest BCUT2D eigenvalue weighted by Crippen LogP contribution is -2.32. The standard InChI is InChI=1S/C22H38N7O8PS/c1-21(2,12-30)19(32)39-9-8-35-38(34,25-6-7-28(4)5)36-11-14-10-22(3,33)18(37-14)29-13-24-15-16(29)26-20(23)27-17(15)31/h13-14,18,30,33H,6-12H2,1-5H3,(H,25,34)(H3,23,26,27,31). The van der Waals surface area contributed by atoms with Crippen LogP contribution >= 0.6 is 19.5 Å². The normalized spacial score (nSPS) is 23.5. The van der Waals surface area contributed by atoms with Crippen LogP contribution in [0.5, 0.6) is 0 Å². The third kappa shape index (κ3) is 8.08. The number of thioether (sulfide) groups is 1. The number of fused-ring (bicyclic) bond motifs is 1. The van der Waals surface area contributed by atoms with Crippen molar-refractivity contribution in [2.24, 2.45) is 5.41 Å². The summed E-state index contributed by atoms with van der Waals surface area (Å²) in [7, 11) is -0.0847. The topological polar surface area (TPSA) is 207 Å². The number of nitrogen functional groups attached to an aromatic ring is 1. The second kappa shape index (κ2) is 12.7. The van der Waals surface area contributed by atoms with Crippen LogP contribution in [-0.2, 0) is 23.1 Å². The monoisotopic (exact) mass is 591 g/mol. The minimum Gasteiger partial charge on any atom is -0.395 e. The molecule has 1 aliphatic heterocycles. The van der Waals surface area contributed by atoms with Crippen LogP contribution in [0.3, 0.4) is 0 Å². The van der Waals surface area contributed by atoms with Crippen LogP contribution in [0.2, 0.25) is 0 Å². The smallest absolute Gasteiger partial charge is 0.395 e. The number of nitrogens with two attached hydrogens (primary N) is 1. The number of carbonyl (C=O) groups is 1. The first kappa shape index (κ1) is 31.6. The molecular weight excluding hydrogens is 553 g/mol. The van der Waals surface area contributed by atoms with E-state index in [0.717, 1.165) is 11.8 Å². The molecule has 0 aromatic carbocycles. The molecule has 1 saturated heterocycles. The van der Waals surface area contributed by atoms with E-state index in [4.69, 9.17) is 19.5 Å². The number of hydrogen-bond acceptors (Lipinski definition) is 13. The van der Waals surface area contributed by atoms with Gasteiger partial charge in [-0.05, 0) is 34.9 Å². The van der Waals surface area contributed by atoms with E-state index in [2.05, 4.69) is 20.0 Å². The number of nitrogens with zero attached hydrogens (tertiary/aromatic N) is 4. The number of ether oxygens (including phenoxy) is 1. The highest BCUT2D eigenvalue weighted by Crippen LogP contribution is 2.46. The molecule has 0 spiro atoms. The number of likely N-dealkylation sites (N-methyl/N-ethyl adjacent to an activating group) is 1. The van der Waals surface area contributed by atoms with E-state index >= 15 is 0 Å². The van der Waals surface area contributed by atoms with Crippen LogP contribution in [0.4, 0.5) is 5.95 Å². The summed E-state index contributed by atoms with van der Waals surface area (Å²) in [6.07, 6.45) is -0.198. The lowest BCUT2D eigenvalue weighted by Gasteiger charge is -2.24. The Hall–Kier alpha value is -1.88. The van der Waals surface area contributed by atoms with E-state index in [1.54, 1.807) is 20.8 Å². The van der Waals surface area contributed by atoms with Gasteiger partial charge in [0.05, 0.1) is 37.7 Å². The second-order valence-electron chi connectivity index (χ2n) is 10.5. The highest BCUT2D eigenvalue weighted by Gasteiger charge is 2.46. The van der Waals surface area contributed by atoms with Crippen molar-refractivity contribution < 1.29 is 33.4 Å². The summed E-state index contributed by atoms with van der Waals surface area (Å²) in [5, 5.41) is 23.1. The molecule has 6 N–H and O–H groups in total. The zero-order valence-corrected chi connectivity index (χ0v) is 24.5. The molecule has 0 aliphatic carbocycles. The fourth-order valence-electron chi connectivity index (χ4n) is 3.79. The molecule has 0 amide bonds. The Kier molecular flexibility index (Phi) is 10.3. The minimum atomic E-state index is -3.82. The lowest BCUT2D eigenvalue weighted by molar-refractivity contribution is -0.119. The zero-order valence-electron chi connectivity index (χ0n) is 22.7. The summed E-state index contributed by atoms with van der Waals surface area (Å²) < 4.78 is 32.2. The summed E-state index contributed by atoms with van der Waals surface area (Å²) in [6.45, 7) is 5.21. The molecule has 39 heavy (non-hydrogen) atoms. The molecule has 0 bridgehead atoms. The van der Waals surface area contributed by atoms with Crippen LogP contribution in [0.1, 0.15) is 33.4 Å². The van der Waals surface area contributed by atoms with Crippen LogP contribution in [0.15, 0.2) is 11.1 Å². The van der Waals surface area contributed by atoms with Gasteiger partial charge in [-0.2, -0.15) is 4.98 Å². The predicted octanol–water partition coefficient (Wildman–Crippen LogP) is 0.311. The molecule has 3 rings (SSSR count). The molecule has 220 valence electrons. The van der Waals surface area contributed by atoms with E-state index < -0.39 is 36.7 Å². The summed E-state index contributed by atoms with van der Waals surface area (Å²) in [4.78, 5) is 36.8. The fraction of sp³-hybridized carbons (Fsp3) is 0.727. The van der Waals surface area contributed by atoms with Gasteiger partial charge in [0.1, 0.15) is 5.60 Å². The number of aromatic nitrogens is 4. The van der Waals surface area contributed by atoms with Crippen molar-refractivity contribution in [2.45, 2.75) is 45.1 Å². The Labute approximate surface area is 230 Å². The first-order valence-corrected chi connectivity index (χ1v) is 14.9. The SMILES string of the molecule is CN(C)CCNP(=O)(OCCSC(=O)C(C)(C)CO)OCC1CC(C)(O)C(n2cnc3c(=O)[nH]c(N)nc32)O1.